The van der Waals surface area contributed by atoms with Crippen LogP contribution < -0.4 is 5.32 Å². The van der Waals surface area contributed by atoms with E-state index in [1.807, 2.05) is 20.8 Å². The molecule has 16 heavy (non-hydrogen) atoms. The van der Waals surface area contributed by atoms with Crippen molar-refractivity contribution in [3.63, 3.8) is 0 Å². The smallest absolute Gasteiger partial charge is 0.178 e. The van der Waals surface area contributed by atoms with Crippen molar-refractivity contribution in [2.24, 2.45) is 0 Å². The number of nitrogens with one attached hydrogen (secondary N) is 1. The SMILES string of the molecule is CC(C)(C)Nc1ccc(S(C)(=O)=O)c(F)c1. The Labute approximate surface area is 95.6 Å². The lowest BCUT2D eigenvalue weighted by atomic mass is 10.1. The van der Waals surface area contributed by atoms with Crippen LogP contribution in [0.3, 0.4) is 0 Å². The highest BCUT2D eigenvalue weighted by Crippen LogP contribution is 2.21. The van der Waals surface area contributed by atoms with E-state index in [1.54, 1.807) is 6.07 Å². The van der Waals surface area contributed by atoms with Crippen molar-refractivity contribution in [3.05, 3.63) is 24.0 Å². The molecular weight excluding hydrogens is 229 g/mol. The van der Waals surface area contributed by atoms with Crippen molar-refractivity contribution in [1.29, 1.82) is 0 Å². The summed E-state index contributed by atoms with van der Waals surface area (Å²) < 4.78 is 35.9. The van der Waals surface area contributed by atoms with Crippen LogP contribution in [0.5, 0.6) is 0 Å². The molecule has 0 saturated heterocycles. The van der Waals surface area contributed by atoms with E-state index < -0.39 is 15.7 Å². The van der Waals surface area contributed by atoms with E-state index in [-0.39, 0.29) is 10.4 Å². The molecule has 0 heterocycles. The molecule has 0 saturated carbocycles. The van der Waals surface area contributed by atoms with Gasteiger partial charge in [0, 0.05) is 17.5 Å². The van der Waals surface area contributed by atoms with Gasteiger partial charge in [-0.15, -0.1) is 0 Å². The molecule has 5 heteroatoms. The summed E-state index contributed by atoms with van der Waals surface area (Å²) in [6.07, 6.45) is 0.988. The van der Waals surface area contributed by atoms with Crippen LogP contribution >= 0.6 is 0 Å². The fraction of sp³-hybridized carbons (Fsp3) is 0.455. The van der Waals surface area contributed by atoms with Gasteiger partial charge in [-0.3, -0.25) is 0 Å². The van der Waals surface area contributed by atoms with Gasteiger partial charge in [-0.2, -0.15) is 0 Å². The molecule has 3 nitrogen and oxygen atoms in total. The predicted octanol–water partition coefficient (Wildman–Crippen LogP) is 2.44. The second-order valence-corrected chi connectivity index (χ2v) is 6.78. The van der Waals surface area contributed by atoms with E-state index in [2.05, 4.69) is 5.32 Å². The number of anilines is 1. The molecule has 90 valence electrons. The molecule has 0 aromatic heterocycles. The lowest BCUT2D eigenvalue weighted by Crippen LogP contribution is -2.26. The van der Waals surface area contributed by atoms with Crippen molar-refractivity contribution >= 4 is 15.5 Å². The van der Waals surface area contributed by atoms with Crippen molar-refractivity contribution in [3.8, 4) is 0 Å². The van der Waals surface area contributed by atoms with Gasteiger partial charge in [0.15, 0.2) is 9.84 Å². The first-order chi connectivity index (χ1) is 7.09. The van der Waals surface area contributed by atoms with E-state index in [0.717, 1.165) is 6.26 Å². The summed E-state index contributed by atoms with van der Waals surface area (Å²) in [7, 11) is -3.50. The van der Waals surface area contributed by atoms with E-state index in [1.165, 1.54) is 12.1 Å². The number of rotatable bonds is 2. The zero-order chi connectivity index (χ0) is 12.6. The van der Waals surface area contributed by atoms with Crippen molar-refractivity contribution < 1.29 is 12.8 Å². The highest BCUT2D eigenvalue weighted by atomic mass is 32.2. The van der Waals surface area contributed by atoms with Gasteiger partial charge in [0.25, 0.3) is 0 Å². The Morgan fingerprint density at radius 1 is 1.25 bits per heavy atom. The second-order valence-electron chi connectivity index (χ2n) is 4.79. The maximum Gasteiger partial charge on any atom is 0.178 e. The molecule has 1 N–H and O–H groups in total. The highest BCUT2D eigenvalue weighted by molar-refractivity contribution is 7.90. The molecule has 0 bridgehead atoms. The monoisotopic (exact) mass is 245 g/mol. The van der Waals surface area contributed by atoms with Crippen LogP contribution in [0.25, 0.3) is 0 Å². The number of benzene rings is 1. The summed E-state index contributed by atoms with van der Waals surface area (Å²) in [6, 6.07) is 4.03. The molecule has 0 atom stereocenters. The molecule has 0 aliphatic carbocycles. The Hall–Kier alpha value is -1.10. The lowest BCUT2D eigenvalue weighted by Gasteiger charge is -2.22. The Morgan fingerprint density at radius 3 is 2.19 bits per heavy atom. The average molecular weight is 245 g/mol. The third kappa shape index (κ3) is 3.48. The zero-order valence-corrected chi connectivity index (χ0v) is 10.7. The lowest BCUT2D eigenvalue weighted by molar-refractivity contribution is 0.570. The number of hydrogen-bond acceptors (Lipinski definition) is 3. The van der Waals surface area contributed by atoms with Crippen LogP contribution in [-0.2, 0) is 9.84 Å². The first kappa shape index (κ1) is 13.0. The van der Waals surface area contributed by atoms with Crippen LogP contribution in [0, 0.1) is 5.82 Å². The average Bonchev–Trinajstić information content (AvgIpc) is 1.97. The first-order valence-electron chi connectivity index (χ1n) is 4.87. The van der Waals surface area contributed by atoms with Crippen LogP contribution in [0.15, 0.2) is 23.1 Å². The Balaban J connectivity index is 3.10. The number of hydrogen-bond donors (Lipinski definition) is 1. The molecule has 1 rings (SSSR count). The van der Waals surface area contributed by atoms with E-state index in [4.69, 9.17) is 0 Å². The normalized spacial score (nSPS) is 12.6. The standard InChI is InChI=1S/C11H16FNO2S/c1-11(2,3)13-8-5-6-10(9(12)7-8)16(4,14)15/h5-7,13H,1-4H3. The van der Waals surface area contributed by atoms with Gasteiger partial charge in [-0.1, -0.05) is 0 Å². The van der Waals surface area contributed by atoms with Crippen LogP contribution in [-0.4, -0.2) is 20.2 Å². The maximum absolute atomic E-state index is 13.5. The van der Waals surface area contributed by atoms with Gasteiger partial charge in [-0.05, 0) is 39.0 Å². The molecule has 0 amide bonds. The predicted molar refractivity (Wildman–Crippen MR) is 62.9 cm³/mol. The Kier molecular flexibility index (Phi) is 3.28. The molecule has 1 aromatic rings. The summed E-state index contributed by atoms with van der Waals surface area (Å²) in [5, 5.41) is 3.07. The molecular formula is C11H16FNO2S. The molecule has 0 radical (unpaired) electrons. The van der Waals surface area contributed by atoms with Gasteiger partial charge in [0.1, 0.15) is 10.7 Å². The fourth-order valence-electron chi connectivity index (χ4n) is 1.31. The second kappa shape index (κ2) is 4.05. The van der Waals surface area contributed by atoms with Crippen molar-refractivity contribution in [1.82, 2.24) is 0 Å². The summed E-state index contributed by atoms with van der Waals surface area (Å²) in [4.78, 5) is -0.271. The van der Waals surface area contributed by atoms with Gasteiger partial charge < -0.3 is 5.32 Å². The summed E-state index contributed by atoms with van der Waals surface area (Å²) in [5.41, 5.74) is 0.372. The highest BCUT2D eigenvalue weighted by Gasteiger charge is 2.15. The molecule has 0 fully saturated rings. The molecule has 0 aliphatic heterocycles. The first-order valence-corrected chi connectivity index (χ1v) is 6.76. The van der Waals surface area contributed by atoms with E-state index in [9.17, 15) is 12.8 Å². The number of halogens is 1. The quantitative estimate of drug-likeness (QED) is 0.870. The van der Waals surface area contributed by atoms with Gasteiger partial charge >= 0.3 is 0 Å². The zero-order valence-electron chi connectivity index (χ0n) is 9.83. The van der Waals surface area contributed by atoms with Crippen LogP contribution in [0.1, 0.15) is 20.8 Å². The Morgan fingerprint density at radius 2 is 1.81 bits per heavy atom. The topological polar surface area (TPSA) is 46.2 Å². The van der Waals surface area contributed by atoms with Crippen LogP contribution in [0.2, 0.25) is 0 Å². The molecule has 0 spiro atoms. The molecule has 1 aromatic carbocycles. The largest absolute Gasteiger partial charge is 0.380 e. The van der Waals surface area contributed by atoms with E-state index >= 15 is 0 Å². The van der Waals surface area contributed by atoms with Gasteiger partial charge in [-0.25, -0.2) is 12.8 Å². The maximum atomic E-state index is 13.5. The minimum absolute atomic E-state index is 0.195. The summed E-state index contributed by atoms with van der Waals surface area (Å²) >= 11 is 0. The van der Waals surface area contributed by atoms with Gasteiger partial charge in [0.05, 0.1) is 0 Å². The summed E-state index contributed by atoms with van der Waals surface area (Å²) in [6.45, 7) is 5.82. The Bertz CT molecular complexity index is 489. The van der Waals surface area contributed by atoms with Gasteiger partial charge in [0.2, 0.25) is 0 Å². The van der Waals surface area contributed by atoms with E-state index in [0.29, 0.717) is 5.69 Å². The summed E-state index contributed by atoms with van der Waals surface area (Å²) in [5.74, 6) is -0.725. The third-order valence-corrected chi connectivity index (χ3v) is 2.98. The molecule has 0 unspecified atom stereocenters. The minimum Gasteiger partial charge on any atom is -0.380 e. The number of sulfone groups is 1. The minimum atomic E-state index is -3.50. The van der Waals surface area contributed by atoms with Crippen LogP contribution in [0.4, 0.5) is 10.1 Å². The molecule has 0 aliphatic rings. The third-order valence-electron chi connectivity index (χ3n) is 1.85. The van der Waals surface area contributed by atoms with Crippen molar-refractivity contribution in [2.45, 2.75) is 31.2 Å². The fourth-order valence-corrected chi connectivity index (χ4v) is 2.04. The van der Waals surface area contributed by atoms with Crippen molar-refractivity contribution in [2.75, 3.05) is 11.6 Å².